The molecule has 0 aliphatic carbocycles. The molecule has 0 spiro atoms. The van der Waals surface area contributed by atoms with Crippen LogP contribution < -0.4 is 11.3 Å². The van der Waals surface area contributed by atoms with Crippen LogP contribution in [0.3, 0.4) is 0 Å². The van der Waals surface area contributed by atoms with Gasteiger partial charge in [0.25, 0.3) is 11.3 Å². The minimum atomic E-state index is -5.91. The summed E-state index contributed by atoms with van der Waals surface area (Å²) < 4.78 is 58.2. The summed E-state index contributed by atoms with van der Waals surface area (Å²) in [6.07, 6.45) is -3.17. The van der Waals surface area contributed by atoms with E-state index in [1.807, 2.05) is 0 Å². The van der Waals surface area contributed by atoms with E-state index in [-0.39, 0.29) is 17.1 Å². The number of aromatic amines is 1. The summed E-state index contributed by atoms with van der Waals surface area (Å²) in [5, 5.41) is 23.3. The predicted octanol–water partition coefficient (Wildman–Crippen LogP) is -1.38. The van der Waals surface area contributed by atoms with Crippen molar-refractivity contribution in [2.24, 2.45) is 5.41 Å². The Labute approximate surface area is 223 Å². The fraction of sp³-hybridized carbons (Fsp3) is 0.625. The number of methoxy groups -OCH3 is 1. The number of Topliss-reactive ketones (excluding diaryl/α,β-unsaturated/α-hetero) is 1. The van der Waals surface area contributed by atoms with Crippen LogP contribution in [0.15, 0.2) is 11.1 Å². The van der Waals surface area contributed by atoms with E-state index >= 15 is 0 Å². The highest BCUT2D eigenvalue weighted by atomic mass is 31.3. The summed E-state index contributed by atoms with van der Waals surface area (Å²) >= 11 is 0. The number of fused-ring (bicyclic) bond motifs is 1. The van der Waals surface area contributed by atoms with E-state index < -0.39 is 70.6 Å². The van der Waals surface area contributed by atoms with E-state index in [0.717, 1.165) is 18.0 Å². The number of H-pyrrole nitrogens is 1. The van der Waals surface area contributed by atoms with Crippen molar-refractivity contribution in [3.8, 4) is 0 Å². The van der Waals surface area contributed by atoms with Gasteiger partial charge in [0.15, 0.2) is 23.2 Å². The van der Waals surface area contributed by atoms with Gasteiger partial charge in [0.2, 0.25) is 11.5 Å². The quantitative estimate of drug-likeness (QED) is 0.110. The highest BCUT2D eigenvalue weighted by Gasteiger charge is 2.73. The maximum Gasteiger partial charge on any atom is 0.490 e. The Balaban J connectivity index is 2.07. The Hall–Kier alpha value is -1.93. The number of nitrogens with one attached hydrogen (secondary N) is 1. The lowest BCUT2D eigenvalue weighted by molar-refractivity contribution is -0.290. The molecule has 0 aromatic carbocycles. The second-order valence-corrected chi connectivity index (χ2v) is 13.8. The maximum atomic E-state index is 13.5. The van der Waals surface area contributed by atoms with Crippen LogP contribution in [0.5, 0.6) is 0 Å². The third kappa shape index (κ3) is 6.13. The highest BCUT2D eigenvalue weighted by Crippen LogP contribution is 2.66. The fourth-order valence-electron chi connectivity index (χ4n) is 3.90. The van der Waals surface area contributed by atoms with Crippen molar-refractivity contribution in [3.05, 3.63) is 16.7 Å². The van der Waals surface area contributed by atoms with Crippen LogP contribution in [0.1, 0.15) is 27.0 Å². The van der Waals surface area contributed by atoms with Crippen molar-refractivity contribution in [1.29, 1.82) is 0 Å². The third-order valence-corrected chi connectivity index (χ3v) is 9.29. The van der Waals surface area contributed by atoms with Crippen LogP contribution in [0.2, 0.25) is 0 Å². The molecule has 2 aromatic heterocycles. The molecular formula is C16H26N5O16P3. The molecule has 1 saturated heterocycles. The number of carbonyl (C=O) groups is 1. The van der Waals surface area contributed by atoms with Crippen LogP contribution in [-0.4, -0.2) is 86.3 Å². The summed E-state index contributed by atoms with van der Waals surface area (Å²) in [5.74, 6) is -4.58. The minimum Gasteiger partial charge on any atom is -0.375 e. The van der Waals surface area contributed by atoms with E-state index in [0.29, 0.717) is 0 Å². The first kappa shape index (κ1) is 32.6. The zero-order valence-electron chi connectivity index (χ0n) is 21.0. The lowest BCUT2D eigenvalue weighted by Crippen LogP contribution is -2.66. The average Bonchev–Trinajstić information content (AvgIpc) is 3.26. The third-order valence-electron chi connectivity index (χ3n) is 5.49. The molecule has 1 aliphatic heterocycles. The van der Waals surface area contributed by atoms with Crippen molar-refractivity contribution in [2.75, 3.05) is 19.5 Å². The van der Waals surface area contributed by atoms with Crippen molar-refractivity contribution < 1.29 is 70.9 Å². The normalized spacial score (nSPS) is 28.9. The van der Waals surface area contributed by atoms with Gasteiger partial charge in [0, 0.05) is 12.5 Å². The largest absolute Gasteiger partial charge is 0.490 e. The van der Waals surface area contributed by atoms with E-state index in [2.05, 4.69) is 28.1 Å². The van der Waals surface area contributed by atoms with Crippen molar-refractivity contribution >= 4 is 46.4 Å². The smallest absolute Gasteiger partial charge is 0.375 e. The summed E-state index contributed by atoms with van der Waals surface area (Å²) in [4.78, 5) is 72.2. The molecule has 40 heavy (non-hydrogen) atoms. The molecule has 2 aromatic rings. The molecule has 6 atom stereocenters. The monoisotopic (exact) mass is 637 g/mol. The van der Waals surface area contributed by atoms with Gasteiger partial charge < -0.3 is 45.0 Å². The number of rotatable bonds is 10. The Morgan fingerprint density at radius 2 is 1.77 bits per heavy atom. The number of aromatic nitrogens is 4. The number of hydrogen-bond acceptors (Lipinski definition) is 15. The number of phosphoric acid groups is 3. The van der Waals surface area contributed by atoms with Gasteiger partial charge in [-0.1, -0.05) is 20.8 Å². The van der Waals surface area contributed by atoms with Gasteiger partial charge in [-0.25, -0.2) is 18.7 Å². The molecule has 0 saturated carbocycles. The Bertz CT molecular complexity index is 1510. The first-order valence-electron chi connectivity index (χ1n) is 10.7. The number of carbonyl (C=O) groups excluding carboxylic acids is 1. The predicted molar refractivity (Wildman–Crippen MR) is 128 cm³/mol. The molecule has 9 N–H and O–H groups in total. The molecule has 24 heteroatoms. The van der Waals surface area contributed by atoms with Gasteiger partial charge in [0.1, 0.15) is 6.10 Å². The number of ether oxygens (including phenoxy) is 2. The van der Waals surface area contributed by atoms with Gasteiger partial charge in [-0.2, -0.15) is 13.6 Å². The molecule has 1 aliphatic rings. The van der Waals surface area contributed by atoms with E-state index in [9.17, 15) is 43.3 Å². The molecule has 0 radical (unpaired) electrons. The zero-order chi connectivity index (χ0) is 30.7. The van der Waals surface area contributed by atoms with Gasteiger partial charge in [-0.05, 0) is 0 Å². The van der Waals surface area contributed by atoms with Crippen molar-refractivity contribution in [3.63, 3.8) is 0 Å². The van der Waals surface area contributed by atoms with Gasteiger partial charge in [-0.15, -0.1) is 0 Å². The topological polar surface area (TPSA) is 325 Å². The number of nitrogens with zero attached hydrogens (tertiary/aromatic N) is 3. The summed E-state index contributed by atoms with van der Waals surface area (Å²) in [5.41, 5.74) is -0.423. The van der Waals surface area contributed by atoms with E-state index in [1.165, 1.54) is 20.8 Å². The molecule has 226 valence electrons. The molecule has 0 bridgehead atoms. The molecular weight excluding hydrogens is 611 g/mol. The standard InChI is InChI=1S/C16H26N5O16P3/c1-14(2,3)11(23)15(24)7(5-34-39(29,30)37-40(31,32)36-38(26,27)28)35-12(16(15,25)33-4)21-6-18-8-9(21)19-13(17)20-10(8)22/h6-7,12,24-25H,5H2,1-4H3,(H,29,30)(H,31,32)(H2,26,27,28)(H3,17,19,20,22)/t7-,12-,15+,16-/m1/s1. The lowest BCUT2D eigenvalue weighted by Gasteiger charge is -2.41. The van der Waals surface area contributed by atoms with Crippen LogP contribution in [0.25, 0.3) is 11.2 Å². The first-order chi connectivity index (χ1) is 18.0. The van der Waals surface area contributed by atoms with Crippen molar-refractivity contribution in [1.82, 2.24) is 19.5 Å². The average molecular weight is 637 g/mol. The summed E-state index contributed by atoms with van der Waals surface area (Å²) in [6.45, 7) is 2.66. The van der Waals surface area contributed by atoms with Gasteiger partial charge in [-0.3, -0.25) is 23.7 Å². The molecule has 3 heterocycles. The first-order valence-corrected chi connectivity index (χ1v) is 15.2. The highest BCUT2D eigenvalue weighted by molar-refractivity contribution is 7.66. The second-order valence-electron chi connectivity index (χ2n) is 9.39. The molecule has 21 nitrogen and oxygen atoms in total. The minimum absolute atomic E-state index is 0.305. The lowest BCUT2D eigenvalue weighted by atomic mass is 9.73. The number of anilines is 1. The van der Waals surface area contributed by atoms with Crippen LogP contribution in [-0.2, 0) is 41.1 Å². The number of nitrogen functional groups attached to an aromatic ring is 1. The van der Waals surface area contributed by atoms with E-state index in [1.54, 1.807) is 0 Å². The van der Waals surface area contributed by atoms with Gasteiger partial charge in [0.05, 0.1) is 12.9 Å². The van der Waals surface area contributed by atoms with Crippen LogP contribution in [0.4, 0.5) is 5.95 Å². The van der Waals surface area contributed by atoms with Gasteiger partial charge >= 0.3 is 23.5 Å². The van der Waals surface area contributed by atoms with Crippen LogP contribution >= 0.6 is 23.5 Å². The number of aliphatic hydroxyl groups is 2. The Morgan fingerprint density at radius 1 is 1.18 bits per heavy atom. The summed E-state index contributed by atoms with van der Waals surface area (Å²) in [6, 6.07) is 0. The van der Waals surface area contributed by atoms with Crippen molar-refractivity contribution in [2.45, 2.75) is 44.5 Å². The molecule has 3 rings (SSSR count). The van der Waals surface area contributed by atoms with Crippen LogP contribution in [0, 0.1) is 5.41 Å². The number of imidazole rings is 1. The molecule has 1 fully saturated rings. The zero-order valence-corrected chi connectivity index (χ0v) is 23.6. The van der Waals surface area contributed by atoms with E-state index in [4.69, 9.17) is 25.0 Å². The number of ketones is 1. The number of nitrogens with two attached hydrogens (primary N) is 1. The Kier molecular flexibility index (Phi) is 8.48. The SMILES string of the molecule is CO[C@]1(O)[C@H](n2cnc3c(=O)[nH]c(N)nc32)O[C@H](COP(=O)(O)OP(=O)(O)OP(=O)(O)O)[C@]1(O)C(=O)C(C)(C)C. The second kappa shape index (κ2) is 10.4. The molecule has 2 unspecified atom stereocenters. The maximum absolute atomic E-state index is 13.5. The summed E-state index contributed by atoms with van der Waals surface area (Å²) in [7, 11) is -16.5. The molecule has 0 amide bonds. The number of phosphoric ester groups is 1. The fourth-order valence-corrected chi connectivity index (χ4v) is 6.91. The Morgan fingerprint density at radius 3 is 2.30 bits per heavy atom. The number of hydrogen-bond donors (Lipinski definition) is 8.